The normalized spacial score (nSPS) is 12.6. The molecule has 3 heteroatoms. The first-order valence-electron chi connectivity index (χ1n) is 5.88. The molecular weight excluding hydrogens is 224 g/mol. The van der Waals surface area contributed by atoms with Gasteiger partial charge in [-0.15, -0.1) is 0 Å². The summed E-state index contributed by atoms with van der Waals surface area (Å²) < 4.78 is 5.13. The Morgan fingerprint density at radius 1 is 1.17 bits per heavy atom. The number of methoxy groups -OCH3 is 1. The molecule has 1 aromatic heterocycles. The monoisotopic (exact) mass is 240 g/mol. The van der Waals surface area contributed by atoms with Gasteiger partial charge in [0.25, 0.3) is 0 Å². The number of rotatable bonds is 4. The maximum atomic E-state index is 5.13. The molecule has 0 amide bonds. The number of hydrogen-bond acceptors (Lipinski definition) is 3. The third kappa shape index (κ3) is 3.17. The Hall–Kier alpha value is -2.16. The van der Waals surface area contributed by atoms with Crippen molar-refractivity contribution in [1.82, 2.24) is 4.98 Å². The first-order chi connectivity index (χ1) is 8.79. The highest BCUT2D eigenvalue weighted by molar-refractivity contribution is 5.76. The summed E-state index contributed by atoms with van der Waals surface area (Å²) in [4.78, 5) is 8.69. The lowest BCUT2D eigenvalue weighted by Gasteiger charge is -2.07. The fraction of sp³-hybridized carbons (Fsp3) is 0.200. The van der Waals surface area contributed by atoms with Gasteiger partial charge in [-0.25, -0.2) is 0 Å². The third-order valence-electron chi connectivity index (χ3n) is 2.72. The number of ether oxygens (including phenoxy) is 1. The Balaban J connectivity index is 2.07. The Morgan fingerprint density at radius 2 is 1.94 bits per heavy atom. The molecule has 18 heavy (non-hydrogen) atoms. The van der Waals surface area contributed by atoms with E-state index in [-0.39, 0.29) is 6.04 Å². The van der Waals surface area contributed by atoms with Gasteiger partial charge in [0, 0.05) is 12.4 Å². The van der Waals surface area contributed by atoms with Crippen molar-refractivity contribution in [3.05, 3.63) is 59.9 Å². The maximum Gasteiger partial charge on any atom is 0.118 e. The lowest BCUT2D eigenvalue weighted by molar-refractivity contribution is 0.414. The molecule has 0 saturated carbocycles. The van der Waals surface area contributed by atoms with Crippen molar-refractivity contribution in [2.75, 3.05) is 7.11 Å². The van der Waals surface area contributed by atoms with E-state index < -0.39 is 0 Å². The van der Waals surface area contributed by atoms with Gasteiger partial charge in [-0.3, -0.25) is 9.98 Å². The van der Waals surface area contributed by atoms with Crippen LogP contribution >= 0.6 is 0 Å². The van der Waals surface area contributed by atoms with Crippen LogP contribution in [0.5, 0.6) is 5.75 Å². The molecule has 1 aromatic carbocycles. The summed E-state index contributed by atoms with van der Waals surface area (Å²) in [5.41, 5.74) is 2.03. The molecule has 0 bridgehead atoms. The standard InChI is InChI=1S/C15H16N2O/c1-12(13-6-8-15(18-2)9-7-13)17-11-14-5-3-4-10-16-14/h3-12H,1-2H3. The summed E-state index contributed by atoms with van der Waals surface area (Å²) in [5, 5.41) is 0. The van der Waals surface area contributed by atoms with Crippen LogP contribution in [0.15, 0.2) is 53.7 Å². The van der Waals surface area contributed by atoms with E-state index in [1.54, 1.807) is 19.5 Å². The van der Waals surface area contributed by atoms with E-state index in [0.717, 1.165) is 17.0 Å². The first-order valence-corrected chi connectivity index (χ1v) is 5.88. The van der Waals surface area contributed by atoms with Crippen LogP contribution in [-0.4, -0.2) is 18.3 Å². The van der Waals surface area contributed by atoms with Gasteiger partial charge < -0.3 is 4.74 Å². The number of aliphatic imine (C=N–C) groups is 1. The fourth-order valence-electron chi connectivity index (χ4n) is 1.61. The molecule has 0 aliphatic rings. The van der Waals surface area contributed by atoms with Crippen LogP contribution in [0, 0.1) is 0 Å². The molecule has 3 nitrogen and oxygen atoms in total. The first kappa shape index (κ1) is 12.3. The minimum absolute atomic E-state index is 0.109. The lowest BCUT2D eigenvalue weighted by atomic mass is 10.1. The van der Waals surface area contributed by atoms with Crippen molar-refractivity contribution in [2.24, 2.45) is 4.99 Å². The molecule has 2 aromatic rings. The van der Waals surface area contributed by atoms with E-state index in [1.165, 1.54) is 0 Å². The Bertz CT molecular complexity index is 506. The van der Waals surface area contributed by atoms with E-state index in [2.05, 4.69) is 16.9 Å². The Morgan fingerprint density at radius 3 is 2.56 bits per heavy atom. The summed E-state index contributed by atoms with van der Waals surface area (Å²) >= 11 is 0. The lowest BCUT2D eigenvalue weighted by Crippen LogP contribution is -1.93. The van der Waals surface area contributed by atoms with Crippen molar-refractivity contribution in [2.45, 2.75) is 13.0 Å². The van der Waals surface area contributed by atoms with Gasteiger partial charge in [0.2, 0.25) is 0 Å². The van der Waals surface area contributed by atoms with Crippen LogP contribution in [0.1, 0.15) is 24.2 Å². The number of pyridine rings is 1. The third-order valence-corrected chi connectivity index (χ3v) is 2.72. The van der Waals surface area contributed by atoms with Crippen molar-refractivity contribution in [1.29, 1.82) is 0 Å². The minimum atomic E-state index is 0.109. The van der Waals surface area contributed by atoms with Crippen LogP contribution in [0.2, 0.25) is 0 Å². The average molecular weight is 240 g/mol. The summed E-state index contributed by atoms with van der Waals surface area (Å²) in [6.07, 6.45) is 3.56. The van der Waals surface area contributed by atoms with Gasteiger partial charge in [0.15, 0.2) is 0 Å². The van der Waals surface area contributed by atoms with E-state index >= 15 is 0 Å². The second-order valence-electron chi connectivity index (χ2n) is 3.98. The zero-order valence-electron chi connectivity index (χ0n) is 10.6. The quantitative estimate of drug-likeness (QED) is 0.769. The van der Waals surface area contributed by atoms with Crippen LogP contribution in [0.4, 0.5) is 0 Å². The van der Waals surface area contributed by atoms with E-state index in [4.69, 9.17) is 4.74 Å². The topological polar surface area (TPSA) is 34.5 Å². The average Bonchev–Trinajstić information content (AvgIpc) is 2.46. The molecule has 0 radical (unpaired) electrons. The summed E-state index contributed by atoms with van der Waals surface area (Å²) in [6, 6.07) is 13.8. The molecule has 92 valence electrons. The molecule has 0 fully saturated rings. The molecular formula is C15H16N2O. The molecule has 1 heterocycles. The molecule has 0 saturated heterocycles. The largest absolute Gasteiger partial charge is 0.497 e. The van der Waals surface area contributed by atoms with Crippen LogP contribution in [-0.2, 0) is 0 Å². The molecule has 0 N–H and O–H groups in total. The van der Waals surface area contributed by atoms with Gasteiger partial charge in [-0.1, -0.05) is 18.2 Å². The Kier molecular flexibility index (Phi) is 4.07. The van der Waals surface area contributed by atoms with Gasteiger partial charge in [0.05, 0.1) is 18.8 Å². The zero-order valence-corrected chi connectivity index (χ0v) is 10.6. The highest BCUT2D eigenvalue weighted by atomic mass is 16.5. The van der Waals surface area contributed by atoms with Gasteiger partial charge in [-0.05, 0) is 36.8 Å². The summed E-state index contributed by atoms with van der Waals surface area (Å²) in [5.74, 6) is 0.861. The predicted octanol–water partition coefficient (Wildman–Crippen LogP) is 3.27. The highest BCUT2D eigenvalue weighted by Crippen LogP contribution is 2.19. The van der Waals surface area contributed by atoms with Crippen LogP contribution in [0.25, 0.3) is 0 Å². The van der Waals surface area contributed by atoms with Crippen molar-refractivity contribution < 1.29 is 4.74 Å². The van der Waals surface area contributed by atoms with Crippen molar-refractivity contribution in [3.8, 4) is 5.75 Å². The van der Waals surface area contributed by atoms with Gasteiger partial charge in [0.1, 0.15) is 5.75 Å². The molecule has 1 atom stereocenters. The van der Waals surface area contributed by atoms with Gasteiger partial charge >= 0.3 is 0 Å². The van der Waals surface area contributed by atoms with Gasteiger partial charge in [-0.2, -0.15) is 0 Å². The fourth-order valence-corrected chi connectivity index (χ4v) is 1.61. The molecule has 1 unspecified atom stereocenters. The molecule has 0 aliphatic heterocycles. The van der Waals surface area contributed by atoms with Crippen molar-refractivity contribution in [3.63, 3.8) is 0 Å². The molecule has 0 spiro atoms. The predicted molar refractivity (Wildman–Crippen MR) is 73.2 cm³/mol. The maximum absolute atomic E-state index is 5.13. The number of hydrogen-bond donors (Lipinski definition) is 0. The summed E-state index contributed by atoms with van der Waals surface area (Å²) in [7, 11) is 1.66. The number of nitrogens with zero attached hydrogens (tertiary/aromatic N) is 2. The Labute approximate surface area is 107 Å². The zero-order chi connectivity index (χ0) is 12.8. The molecule has 0 aliphatic carbocycles. The minimum Gasteiger partial charge on any atom is -0.497 e. The number of aromatic nitrogens is 1. The summed E-state index contributed by atoms with van der Waals surface area (Å²) in [6.45, 7) is 2.06. The second-order valence-corrected chi connectivity index (χ2v) is 3.98. The van der Waals surface area contributed by atoms with E-state index in [9.17, 15) is 0 Å². The van der Waals surface area contributed by atoms with E-state index in [0.29, 0.717) is 0 Å². The smallest absolute Gasteiger partial charge is 0.118 e. The SMILES string of the molecule is COc1ccc(C(C)N=Cc2ccccn2)cc1. The number of benzene rings is 1. The van der Waals surface area contributed by atoms with Crippen molar-refractivity contribution >= 4 is 6.21 Å². The van der Waals surface area contributed by atoms with Crippen LogP contribution in [0.3, 0.4) is 0 Å². The molecule has 2 rings (SSSR count). The van der Waals surface area contributed by atoms with E-state index in [1.807, 2.05) is 42.5 Å². The van der Waals surface area contributed by atoms with Crippen LogP contribution < -0.4 is 4.74 Å². The highest BCUT2D eigenvalue weighted by Gasteiger charge is 2.02. The second kappa shape index (κ2) is 5.96.